The molecule has 0 fully saturated rings. The Morgan fingerprint density at radius 2 is 1.71 bits per heavy atom. The maximum Gasteiger partial charge on any atom is 0.332 e. The van der Waals surface area contributed by atoms with Crippen LogP contribution in [0.15, 0.2) is 52.1 Å². The van der Waals surface area contributed by atoms with Gasteiger partial charge >= 0.3 is 5.69 Å². The van der Waals surface area contributed by atoms with E-state index >= 15 is 0 Å². The van der Waals surface area contributed by atoms with Gasteiger partial charge in [0.25, 0.3) is 5.56 Å². The first-order valence-corrected chi connectivity index (χ1v) is 9.93. The van der Waals surface area contributed by atoms with E-state index in [1.165, 1.54) is 29.8 Å². The molecule has 156 valence electrons. The lowest BCUT2D eigenvalue weighted by atomic mass is 10.1. The van der Waals surface area contributed by atoms with Crippen LogP contribution in [0.25, 0.3) is 10.3 Å². The minimum atomic E-state index is -1.06. The molecule has 0 bridgehead atoms. The summed E-state index contributed by atoms with van der Waals surface area (Å²) < 4.78 is 42.0. The average Bonchev–Trinajstić information content (AvgIpc) is 3.18. The smallest absolute Gasteiger partial charge is 0.280 e. The van der Waals surface area contributed by atoms with Gasteiger partial charge in [-0.05, 0) is 41.3 Å². The van der Waals surface area contributed by atoms with Crippen molar-refractivity contribution in [1.29, 1.82) is 0 Å². The van der Waals surface area contributed by atoms with Crippen LogP contribution < -0.4 is 11.2 Å². The van der Waals surface area contributed by atoms with E-state index in [0.29, 0.717) is 11.4 Å². The van der Waals surface area contributed by atoms with E-state index in [9.17, 15) is 22.8 Å². The van der Waals surface area contributed by atoms with Crippen molar-refractivity contribution in [3.05, 3.63) is 96.9 Å². The quantitative estimate of drug-likeness (QED) is 0.459. The Labute approximate surface area is 178 Å². The van der Waals surface area contributed by atoms with Crippen molar-refractivity contribution < 1.29 is 13.2 Å². The summed E-state index contributed by atoms with van der Waals surface area (Å²) in [5.41, 5.74) is 0.107. The molecular formula is C22H14F3N3O2S. The number of aryl methyl sites for hydroxylation is 1. The number of thiazole rings is 1. The number of fused-ring (bicyclic) bond motifs is 1. The van der Waals surface area contributed by atoms with Gasteiger partial charge in [0, 0.05) is 13.5 Å². The molecule has 0 aliphatic heterocycles. The second-order valence-corrected chi connectivity index (χ2v) is 7.76. The second kappa shape index (κ2) is 8.24. The van der Waals surface area contributed by atoms with Gasteiger partial charge in [-0.25, -0.2) is 22.9 Å². The molecule has 0 atom stereocenters. The van der Waals surface area contributed by atoms with Crippen LogP contribution in [0.4, 0.5) is 13.2 Å². The normalized spacial score (nSPS) is 10.8. The first-order chi connectivity index (χ1) is 14.8. The van der Waals surface area contributed by atoms with Crippen molar-refractivity contribution in [1.82, 2.24) is 14.1 Å². The van der Waals surface area contributed by atoms with Crippen LogP contribution in [0.1, 0.15) is 16.1 Å². The number of halogens is 3. The van der Waals surface area contributed by atoms with Crippen molar-refractivity contribution in [2.24, 2.45) is 7.05 Å². The predicted molar refractivity (Wildman–Crippen MR) is 112 cm³/mol. The van der Waals surface area contributed by atoms with E-state index in [2.05, 4.69) is 16.8 Å². The Hall–Kier alpha value is -3.64. The summed E-state index contributed by atoms with van der Waals surface area (Å²) in [6, 6.07) is 9.16. The molecule has 0 aliphatic carbocycles. The third kappa shape index (κ3) is 4.15. The number of hydrogen-bond donors (Lipinski definition) is 0. The lowest BCUT2D eigenvalue weighted by Crippen LogP contribution is -2.39. The first kappa shape index (κ1) is 20.6. The molecule has 0 aliphatic rings. The molecule has 2 heterocycles. The number of hydrogen-bond acceptors (Lipinski definition) is 4. The Morgan fingerprint density at radius 3 is 2.42 bits per heavy atom. The largest absolute Gasteiger partial charge is 0.332 e. The predicted octanol–water partition coefficient (Wildman–Crippen LogP) is 3.22. The zero-order valence-corrected chi connectivity index (χ0v) is 17.0. The van der Waals surface area contributed by atoms with E-state index in [1.807, 2.05) is 0 Å². The maximum atomic E-state index is 13.5. The summed E-state index contributed by atoms with van der Waals surface area (Å²) in [6.45, 7) is -0.206. The highest BCUT2D eigenvalue weighted by atomic mass is 32.1. The van der Waals surface area contributed by atoms with E-state index in [-0.39, 0.29) is 28.3 Å². The number of rotatable bonds is 3. The minimum absolute atomic E-state index is 0.201. The lowest BCUT2D eigenvalue weighted by Gasteiger charge is -2.08. The molecule has 0 spiro atoms. The molecule has 31 heavy (non-hydrogen) atoms. The summed E-state index contributed by atoms with van der Waals surface area (Å²) in [7, 11) is 1.47. The zero-order valence-electron chi connectivity index (χ0n) is 16.2. The third-order valence-electron chi connectivity index (χ3n) is 4.61. The van der Waals surface area contributed by atoms with Crippen molar-refractivity contribution >= 4 is 21.7 Å². The van der Waals surface area contributed by atoms with Crippen LogP contribution in [0.5, 0.6) is 0 Å². The summed E-state index contributed by atoms with van der Waals surface area (Å²) in [6.07, 6.45) is 0.371. The maximum absolute atomic E-state index is 13.5. The highest BCUT2D eigenvalue weighted by Crippen LogP contribution is 2.17. The van der Waals surface area contributed by atoms with Gasteiger partial charge in [0.2, 0.25) is 0 Å². The van der Waals surface area contributed by atoms with Crippen LogP contribution in [-0.2, 0) is 20.0 Å². The molecular weight excluding hydrogens is 427 g/mol. The minimum Gasteiger partial charge on any atom is -0.280 e. The molecule has 0 saturated carbocycles. The summed E-state index contributed by atoms with van der Waals surface area (Å²) in [5.74, 6) is 3.39. The fourth-order valence-corrected chi connectivity index (χ4v) is 3.92. The molecule has 9 heteroatoms. The molecule has 2 aromatic heterocycles. The Morgan fingerprint density at radius 1 is 1.00 bits per heavy atom. The van der Waals surface area contributed by atoms with Crippen molar-refractivity contribution in [2.75, 3.05) is 0 Å². The molecule has 5 nitrogen and oxygen atoms in total. The fourth-order valence-electron chi connectivity index (χ4n) is 3.00. The van der Waals surface area contributed by atoms with Gasteiger partial charge in [0.05, 0.1) is 6.54 Å². The highest BCUT2D eigenvalue weighted by Gasteiger charge is 2.16. The molecule has 0 radical (unpaired) electrons. The lowest BCUT2D eigenvalue weighted by molar-refractivity contribution is 0.506. The zero-order chi connectivity index (χ0) is 22.1. The van der Waals surface area contributed by atoms with Gasteiger partial charge in [0.1, 0.15) is 10.5 Å². The molecule has 2 aromatic carbocycles. The van der Waals surface area contributed by atoms with Crippen LogP contribution >= 0.6 is 11.3 Å². The van der Waals surface area contributed by atoms with E-state index in [1.54, 1.807) is 12.1 Å². The highest BCUT2D eigenvalue weighted by molar-refractivity contribution is 7.18. The van der Waals surface area contributed by atoms with E-state index in [0.717, 1.165) is 33.6 Å². The van der Waals surface area contributed by atoms with Crippen LogP contribution in [0.2, 0.25) is 0 Å². The SMILES string of the molecule is Cn1c(=O)n(Cc2ccc(F)c(F)c2)c(=O)c2sc(C#CCc3ccc(F)cc3)nc21. The Bertz CT molecular complexity index is 1470. The Kier molecular flexibility index (Phi) is 5.48. The van der Waals surface area contributed by atoms with Gasteiger partial charge in [0.15, 0.2) is 22.3 Å². The average molecular weight is 441 g/mol. The van der Waals surface area contributed by atoms with Crippen molar-refractivity contribution in [2.45, 2.75) is 13.0 Å². The van der Waals surface area contributed by atoms with Crippen molar-refractivity contribution in [3.63, 3.8) is 0 Å². The summed E-state index contributed by atoms with van der Waals surface area (Å²) in [4.78, 5) is 29.8. The van der Waals surface area contributed by atoms with Crippen LogP contribution in [-0.4, -0.2) is 14.1 Å². The van der Waals surface area contributed by atoms with Crippen LogP contribution in [0, 0.1) is 29.3 Å². The molecule has 0 unspecified atom stereocenters. The number of nitrogens with zero attached hydrogens (tertiary/aromatic N) is 3. The van der Waals surface area contributed by atoms with Crippen LogP contribution in [0.3, 0.4) is 0 Å². The number of benzene rings is 2. The summed E-state index contributed by atoms with van der Waals surface area (Å²) >= 11 is 1.04. The third-order valence-corrected chi connectivity index (χ3v) is 5.56. The molecule has 0 amide bonds. The fraction of sp³-hybridized carbons (Fsp3) is 0.136. The molecule has 0 N–H and O–H groups in total. The van der Waals surface area contributed by atoms with Gasteiger partial charge in [-0.2, -0.15) is 0 Å². The Balaban J connectivity index is 1.69. The van der Waals surface area contributed by atoms with Crippen molar-refractivity contribution in [3.8, 4) is 11.8 Å². The van der Waals surface area contributed by atoms with Gasteiger partial charge in [-0.1, -0.05) is 35.5 Å². The number of aromatic nitrogens is 3. The van der Waals surface area contributed by atoms with Gasteiger partial charge in [-0.3, -0.25) is 13.9 Å². The van der Waals surface area contributed by atoms with E-state index in [4.69, 9.17) is 0 Å². The standard InChI is InChI=1S/C22H14F3N3O2S/c1-27-20-19(31-18(26-20)4-2-3-13-5-8-15(23)9-6-13)21(29)28(22(27)30)12-14-7-10-16(24)17(25)11-14/h5-11H,3,12H2,1H3. The monoisotopic (exact) mass is 441 g/mol. The summed E-state index contributed by atoms with van der Waals surface area (Å²) in [5, 5.41) is 0.356. The van der Waals surface area contributed by atoms with E-state index < -0.39 is 22.9 Å². The molecule has 4 aromatic rings. The second-order valence-electron chi connectivity index (χ2n) is 6.76. The van der Waals surface area contributed by atoms with Gasteiger partial charge in [-0.15, -0.1) is 0 Å². The molecule has 0 saturated heterocycles. The first-order valence-electron chi connectivity index (χ1n) is 9.11. The van der Waals surface area contributed by atoms with Gasteiger partial charge < -0.3 is 0 Å². The molecule has 4 rings (SSSR count). The topological polar surface area (TPSA) is 56.9 Å².